The number of rotatable bonds is 1. The molecule has 1 rings (SSSR count). The summed E-state index contributed by atoms with van der Waals surface area (Å²) in [6.45, 7) is 5.87. The molecule has 0 atom stereocenters. The fourth-order valence-electron chi connectivity index (χ4n) is 1.29. The summed E-state index contributed by atoms with van der Waals surface area (Å²) in [5.74, 6) is -0.352. The van der Waals surface area contributed by atoms with Gasteiger partial charge in [0.1, 0.15) is 0 Å². The van der Waals surface area contributed by atoms with Gasteiger partial charge in [-0.25, -0.2) is 0 Å². The van der Waals surface area contributed by atoms with Crippen LogP contribution in [0.1, 0.15) is 36.7 Å². The predicted molar refractivity (Wildman–Crippen MR) is 77.2 cm³/mol. The third-order valence-corrected chi connectivity index (χ3v) is 2.24. The van der Waals surface area contributed by atoms with E-state index < -0.39 is 0 Å². The highest BCUT2D eigenvalue weighted by atomic mass is 32.1. The molecular formula is C13H16N4OS. The highest BCUT2D eigenvalue weighted by molar-refractivity contribution is 7.80. The zero-order valence-electron chi connectivity index (χ0n) is 11.1. The molecule has 0 aliphatic heterocycles. The molecule has 0 saturated carbocycles. The minimum absolute atomic E-state index is 0.185. The summed E-state index contributed by atoms with van der Waals surface area (Å²) in [4.78, 5) is 11.8. The van der Waals surface area contributed by atoms with Crippen molar-refractivity contribution in [3.05, 3.63) is 35.4 Å². The summed E-state index contributed by atoms with van der Waals surface area (Å²) in [6, 6.07) is 8.40. The van der Waals surface area contributed by atoms with Crippen molar-refractivity contribution in [2.24, 2.45) is 0 Å². The Morgan fingerprint density at radius 2 is 2.00 bits per heavy atom. The van der Waals surface area contributed by atoms with Crippen LogP contribution in [0.4, 0.5) is 0 Å². The SMILES string of the molecule is CC(C)(C)NC(=S)NNC(=O)c1cccc(C#N)c1. The zero-order valence-corrected chi connectivity index (χ0v) is 11.9. The smallest absolute Gasteiger partial charge is 0.269 e. The normalized spacial score (nSPS) is 10.2. The summed E-state index contributed by atoms with van der Waals surface area (Å²) >= 11 is 5.03. The van der Waals surface area contributed by atoms with Crippen molar-refractivity contribution in [1.29, 1.82) is 5.26 Å². The summed E-state index contributed by atoms with van der Waals surface area (Å²) in [6.07, 6.45) is 0. The van der Waals surface area contributed by atoms with Crippen molar-refractivity contribution >= 4 is 23.2 Å². The van der Waals surface area contributed by atoms with E-state index in [1.54, 1.807) is 18.2 Å². The molecule has 0 radical (unpaired) electrons. The van der Waals surface area contributed by atoms with Crippen molar-refractivity contribution < 1.29 is 4.79 Å². The van der Waals surface area contributed by atoms with Gasteiger partial charge < -0.3 is 5.32 Å². The molecular weight excluding hydrogens is 260 g/mol. The quantitative estimate of drug-likeness (QED) is 0.535. The second-order valence-corrected chi connectivity index (χ2v) is 5.38. The lowest BCUT2D eigenvalue weighted by atomic mass is 10.1. The van der Waals surface area contributed by atoms with Gasteiger partial charge in [0.05, 0.1) is 11.6 Å². The maximum Gasteiger partial charge on any atom is 0.269 e. The first-order valence-corrected chi connectivity index (χ1v) is 6.11. The van der Waals surface area contributed by atoms with Crippen LogP contribution in [0.5, 0.6) is 0 Å². The third kappa shape index (κ3) is 5.36. The van der Waals surface area contributed by atoms with Gasteiger partial charge >= 0.3 is 0 Å². The summed E-state index contributed by atoms with van der Waals surface area (Å²) in [7, 11) is 0. The molecule has 5 nitrogen and oxygen atoms in total. The van der Waals surface area contributed by atoms with Crippen molar-refractivity contribution in [3.8, 4) is 6.07 Å². The molecule has 0 spiro atoms. The molecule has 19 heavy (non-hydrogen) atoms. The van der Waals surface area contributed by atoms with Crippen molar-refractivity contribution in [2.45, 2.75) is 26.3 Å². The Labute approximate surface area is 118 Å². The Balaban J connectivity index is 2.56. The van der Waals surface area contributed by atoms with E-state index in [9.17, 15) is 4.79 Å². The maximum atomic E-state index is 11.8. The van der Waals surface area contributed by atoms with Crippen LogP contribution in [0.15, 0.2) is 24.3 Å². The molecule has 0 aliphatic carbocycles. The number of nitrogens with one attached hydrogen (secondary N) is 3. The summed E-state index contributed by atoms with van der Waals surface area (Å²) in [5.41, 5.74) is 5.73. The Hall–Kier alpha value is -2.13. The Morgan fingerprint density at radius 1 is 1.32 bits per heavy atom. The van der Waals surface area contributed by atoms with Crippen LogP contribution in [0.25, 0.3) is 0 Å². The number of hydrogen-bond donors (Lipinski definition) is 3. The van der Waals surface area contributed by atoms with E-state index in [1.165, 1.54) is 6.07 Å². The predicted octanol–water partition coefficient (Wildman–Crippen LogP) is 1.47. The van der Waals surface area contributed by atoms with Crippen LogP contribution in [0.2, 0.25) is 0 Å². The molecule has 0 aliphatic rings. The van der Waals surface area contributed by atoms with Gasteiger partial charge in [0.25, 0.3) is 5.91 Å². The topological polar surface area (TPSA) is 76.9 Å². The number of thiocarbonyl (C=S) groups is 1. The van der Waals surface area contributed by atoms with Gasteiger partial charge in [-0.15, -0.1) is 0 Å². The molecule has 0 aromatic heterocycles. The van der Waals surface area contributed by atoms with E-state index in [-0.39, 0.29) is 11.4 Å². The number of nitriles is 1. The van der Waals surface area contributed by atoms with Crippen LogP contribution < -0.4 is 16.2 Å². The van der Waals surface area contributed by atoms with Crippen LogP contribution in [-0.2, 0) is 0 Å². The van der Waals surface area contributed by atoms with E-state index in [2.05, 4.69) is 16.2 Å². The van der Waals surface area contributed by atoms with E-state index in [1.807, 2.05) is 26.8 Å². The number of benzene rings is 1. The van der Waals surface area contributed by atoms with Gasteiger partial charge in [0.15, 0.2) is 5.11 Å². The Kier molecular flexibility index (Phi) is 4.84. The van der Waals surface area contributed by atoms with Crippen LogP contribution in [0.3, 0.4) is 0 Å². The van der Waals surface area contributed by atoms with E-state index in [0.717, 1.165) is 0 Å². The zero-order chi connectivity index (χ0) is 14.5. The molecule has 0 bridgehead atoms. The lowest BCUT2D eigenvalue weighted by molar-refractivity contribution is 0.0943. The molecule has 0 heterocycles. The van der Waals surface area contributed by atoms with Gasteiger partial charge in [-0.1, -0.05) is 6.07 Å². The Morgan fingerprint density at radius 3 is 2.58 bits per heavy atom. The third-order valence-electron chi connectivity index (χ3n) is 2.03. The first kappa shape index (κ1) is 14.9. The molecule has 0 unspecified atom stereocenters. The molecule has 1 amide bonds. The first-order chi connectivity index (χ1) is 8.81. The lowest BCUT2D eigenvalue weighted by Crippen LogP contribution is -2.52. The van der Waals surface area contributed by atoms with Gasteiger partial charge in [-0.05, 0) is 51.2 Å². The largest absolute Gasteiger partial charge is 0.357 e. The van der Waals surface area contributed by atoms with Gasteiger partial charge in [0, 0.05) is 11.1 Å². The monoisotopic (exact) mass is 276 g/mol. The minimum atomic E-state index is -0.352. The molecule has 0 saturated heterocycles. The fourth-order valence-corrected chi connectivity index (χ4v) is 1.64. The van der Waals surface area contributed by atoms with E-state index in [0.29, 0.717) is 16.2 Å². The van der Waals surface area contributed by atoms with Crippen LogP contribution in [-0.4, -0.2) is 16.6 Å². The van der Waals surface area contributed by atoms with E-state index in [4.69, 9.17) is 17.5 Å². The molecule has 6 heteroatoms. The standard InChI is InChI=1S/C13H16N4OS/c1-13(2,3)15-12(19)17-16-11(18)10-6-4-5-9(7-10)8-14/h4-7H,1-3H3,(H,16,18)(H2,15,17,19). The summed E-state index contributed by atoms with van der Waals surface area (Å²) < 4.78 is 0. The number of carbonyl (C=O) groups excluding carboxylic acids is 1. The van der Waals surface area contributed by atoms with Crippen LogP contribution in [0, 0.1) is 11.3 Å². The lowest BCUT2D eigenvalue weighted by Gasteiger charge is -2.23. The molecule has 100 valence electrons. The molecule has 1 aromatic rings. The average molecular weight is 276 g/mol. The van der Waals surface area contributed by atoms with Crippen molar-refractivity contribution in [2.75, 3.05) is 0 Å². The fraction of sp³-hybridized carbons (Fsp3) is 0.308. The van der Waals surface area contributed by atoms with Gasteiger partial charge in [0.2, 0.25) is 0 Å². The Bertz CT molecular complexity index is 528. The van der Waals surface area contributed by atoms with Crippen molar-refractivity contribution in [3.63, 3.8) is 0 Å². The second-order valence-electron chi connectivity index (χ2n) is 4.98. The highest BCUT2D eigenvalue weighted by Gasteiger charge is 2.12. The molecule has 3 N–H and O–H groups in total. The van der Waals surface area contributed by atoms with E-state index >= 15 is 0 Å². The number of hydrazine groups is 1. The van der Waals surface area contributed by atoms with Crippen LogP contribution >= 0.6 is 12.2 Å². The molecule has 1 aromatic carbocycles. The number of hydrogen-bond acceptors (Lipinski definition) is 3. The number of nitrogens with zero attached hydrogens (tertiary/aromatic N) is 1. The summed E-state index contributed by atoms with van der Waals surface area (Å²) in [5, 5.41) is 12.1. The molecule has 0 fully saturated rings. The highest BCUT2D eigenvalue weighted by Crippen LogP contribution is 2.03. The number of carbonyl (C=O) groups is 1. The number of amides is 1. The maximum absolute atomic E-state index is 11.8. The average Bonchev–Trinajstić information content (AvgIpc) is 2.34. The first-order valence-electron chi connectivity index (χ1n) is 5.70. The minimum Gasteiger partial charge on any atom is -0.357 e. The van der Waals surface area contributed by atoms with Crippen molar-refractivity contribution in [1.82, 2.24) is 16.2 Å². The van der Waals surface area contributed by atoms with Gasteiger partial charge in [-0.2, -0.15) is 5.26 Å². The van der Waals surface area contributed by atoms with Gasteiger partial charge in [-0.3, -0.25) is 15.6 Å². The second kappa shape index (κ2) is 6.16.